The first kappa shape index (κ1) is 38.7. The first-order valence-corrected chi connectivity index (χ1v) is 21.9. The lowest BCUT2D eigenvalue weighted by molar-refractivity contribution is -0.132. The number of amides is 3. The van der Waals surface area contributed by atoms with E-state index in [0.717, 1.165) is 106 Å². The van der Waals surface area contributed by atoms with Gasteiger partial charge < -0.3 is 29.7 Å². The van der Waals surface area contributed by atoms with Crippen LogP contribution >= 0.6 is 0 Å². The highest BCUT2D eigenvalue weighted by atomic mass is 16.5. The van der Waals surface area contributed by atoms with Gasteiger partial charge in [0.25, 0.3) is 5.91 Å². The molecule has 4 fully saturated rings. The van der Waals surface area contributed by atoms with Crippen molar-refractivity contribution in [1.29, 1.82) is 0 Å². The van der Waals surface area contributed by atoms with Crippen LogP contribution in [-0.4, -0.2) is 96.8 Å². The van der Waals surface area contributed by atoms with Crippen molar-refractivity contribution in [3.8, 4) is 11.5 Å². The van der Waals surface area contributed by atoms with Gasteiger partial charge in [0.2, 0.25) is 11.8 Å². The fourth-order valence-corrected chi connectivity index (χ4v) is 11.0. The van der Waals surface area contributed by atoms with Gasteiger partial charge in [0.15, 0.2) is 0 Å². The average molecular weight is 811 g/mol. The number of hydrogen-bond acceptors (Lipinski definition) is 10. The van der Waals surface area contributed by atoms with Crippen molar-refractivity contribution < 1.29 is 29.0 Å². The van der Waals surface area contributed by atoms with Gasteiger partial charge in [-0.1, -0.05) is 42.5 Å². The number of ether oxygens (including phenoxy) is 2. The largest absolute Gasteiger partial charge is 0.508 e. The number of nitrogens with one attached hydrogen (secondary N) is 2. The van der Waals surface area contributed by atoms with Gasteiger partial charge in [-0.3, -0.25) is 24.6 Å². The van der Waals surface area contributed by atoms with Crippen molar-refractivity contribution in [3.05, 3.63) is 112 Å². The molecule has 1 aromatic heterocycles. The van der Waals surface area contributed by atoms with Gasteiger partial charge >= 0.3 is 0 Å². The molecule has 4 atom stereocenters. The first-order valence-electron chi connectivity index (χ1n) is 21.9. The number of benzene rings is 3. The summed E-state index contributed by atoms with van der Waals surface area (Å²) in [5, 5.41) is 15.4. The van der Waals surface area contributed by atoms with E-state index in [-0.39, 0.29) is 29.2 Å². The molecular weight excluding hydrogens is 757 g/mol. The maximum atomic E-state index is 12.2. The van der Waals surface area contributed by atoms with E-state index in [1.54, 1.807) is 0 Å². The summed E-state index contributed by atoms with van der Waals surface area (Å²) in [4.78, 5) is 45.5. The van der Waals surface area contributed by atoms with Gasteiger partial charge in [-0.05, 0) is 103 Å². The maximum Gasteiger partial charge on any atom is 0.252 e. The predicted octanol–water partition coefficient (Wildman–Crippen LogP) is 5.66. The topological polar surface area (TPSA) is 137 Å². The maximum absolute atomic E-state index is 12.2. The molecule has 1 aliphatic carbocycles. The van der Waals surface area contributed by atoms with Gasteiger partial charge in [0, 0.05) is 81.9 Å². The molecule has 60 heavy (non-hydrogen) atoms. The molecule has 0 saturated carbocycles. The number of rotatable bonds is 5. The molecule has 1 spiro atoms. The van der Waals surface area contributed by atoms with Crippen LogP contribution in [0.4, 0.5) is 11.5 Å². The predicted molar refractivity (Wildman–Crippen MR) is 228 cm³/mol. The highest BCUT2D eigenvalue weighted by Crippen LogP contribution is 2.48. The third kappa shape index (κ3) is 7.60. The van der Waals surface area contributed by atoms with E-state index < -0.39 is 0 Å². The minimum atomic E-state index is -0.138. The minimum absolute atomic E-state index is 0.00336. The highest BCUT2D eigenvalue weighted by molar-refractivity contribution is 6.00. The van der Waals surface area contributed by atoms with E-state index in [1.807, 2.05) is 18.2 Å². The molecule has 3 aromatic carbocycles. The van der Waals surface area contributed by atoms with Crippen LogP contribution in [0.3, 0.4) is 0 Å². The normalized spacial score (nSPS) is 25.5. The number of carbonyl (C=O) groups is 3. The van der Waals surface area contributed by atoms with Gasteiger partial charge in [0.1, 0.15) is 23.9 Å². The van der Waals surface area contributed by atoms with Crippen LogP contribution in [0.1, 0.15) is 95.0 Å². The number of aryl methyl sites for hydroxylation is 1. The summed E-state index contributed by atoms with van der Waals surface area (Å²) < 4.78 is 13.0. The Balaban J connectivity index is 0.000000488. The minimum Gasteiger partial charge on any atom is -0.508 e. The first-order chi connectivity index (χ1) is 29.3. The quantitative estimate of drug-likeness (QED) is 0.217. The fourth-order valence-electron chi connectivity index (χ4n) is 11.0. The molecule has 12 heteroatoms. The van der Waals surface area contributed by atoms with Crippen molar-refractivity contribution in [3.63, 3.8) is 0 Å². The Morgan fingerprint density at radius 3 is 2.47 bits per heavy atom. The van der Waals surface area contributed by atoms with Crippen LogP contribution in [0.2, 0.25) is 0 Å². The molecule has 4 saturated heterocycles. The second-order valence-electron chi connectivity index (χ2n) is 17.8. The number of imide groups is 1. The number of hydrogen-bond donors (Lipinski definition) is 3. The molecule has 0 radical (unpaired) electrons. The number of anilines is 2. The zero-order valence-corrected chi connectivity index (χ0v) is 34.1. The number of piperidine rings is 2. The molecule has 0 bridgehead atoms. The van der Waals surface area contributed by atoms with Crippen molar-refractivity contribution in [1.82, 2.24) is 20.5 Å². The lowest BCUT2D eigenvalue weighted by Crippen LogP contribution is -2.58. The van der Waals surface area contributed by atoms with Crippen molar-refractivity contribution in [2.75, 3.05) is 62.3 Å². The standard InChI is InChI=1S/C43H47N5O4.C5H7NO2/c49-33-8-10-35-30(20-33)6-9-34(29-4-2-1-3-5-29)40(35)31-7-13-39(44-22-31)47-16-14-43(15-17-47)21-28(26-52-43)24-46-18-19-48-32(25-46)27-51-41-37-23-45-42(50)36(37)11-12-38(41)48;7-4-2-1-3-5(8)6-4/h1-5,7-8,10-13,20,22,28,32,34,40,49H,6,9,14-19,21,23-27H2,(H,45,50);1-3H2,(H,6,7,8). The number of fused-ring (bicyclic) bond motifs is 6. The van der Waals surface area contributed by atoms with Crippen LogP contribution in [0.15, 0.2) is 79.0 Å². The second-order valence-corrected chi connectivity index (χ2v) is 17.8. The fraction of sp³-hybridized carbons (Fsp3) is 0.458. The molecule has 312 valence electrons. The monoisotopic (exact) mass is 810 g/mol. The summed E-state index contributed by atoms with van der Waals surface area (Å²) in [7, 11) is 0. The SMILES string of the molecule is O=C1CCCC(=O)N1.O=C1NCc2c1ccc1c2OCC2CN(CC3COC4(CCN(c5ccc(C6c7ccc(O)cc7CCC6c6ccccc6)cn5)CC4)C3)CCN12. The van der Waals surface area contributed by atoms with Crippen molar-refractivity contribution in [2.24, 2.45) is 5.92 Å². The van der Waals surface area contributed by atoms with Crippen LogP contribution < -0.4 is 25.2 Å². The number of aromatic hydroxyl groups is 1. The summed E-state index contributed by atoms with van der Waals surface area (Å²) in [5.41, 5.74) is 8.04. The van der Waals surface area contributed by atoms with Crippen molar-refractivity contribution >= 4 is 29.2 Å². The Hall–Kier alpha value is -5.46. The van der Waals surface area contributed by atoms with Crippen molar-refractivity contribution in [2.45, 2.75) is 81.4 Å². The van der Waals surface area contributed by atoms with E-state index in [9.17, 15) is 19.5 Å². The van der Waals surface area contributed by atoms with Crippen LogP contribution in [-0.2, 0) is 27.3 Å². The molecule has 11 rings (SSSR count). The molecule has 12 nitrogen and oxygen atoms in total. The lowest BCUT2D eigenvalue weighted by Gasteiger charge is -2.46. The van der Waals surface area contributed by atoms with Gasteiger partial charge in [-0.2, -0.15) is 0 Å². The molecule has 6 aliphatic heterocycles. The molecule has 7 heterocycles. The number of pyridine rings is 1. The summed E-state index contributed by atoms with van der Waals surface area (Å²) in [6.07, 6.45) is 9.03. The average Bonchev–Trinajstić information content (AvgIpc) is 3.85. The van der Waals surface area contributed by atoms with Gasteiger partial charge in [-0.15, -0.1) is 0 Å². The number of aromatic nitrogens is 1. The molecule has 4 aromatic rings. The summed E-state index contributed by atoms with van der Waals surface area (Å²) in [6, 6.07) is 25.7. The third-order valence-electron chi connectivity index (χ3n) is 14.0. The number of phenolic OH excluding ortho intramolecular Hbond substituents is 1. The molecule has 3 amide bonds. The Morgan fingerprint density at radius 2 is 1.70 bits per heavy atom. The number of phenols is 1. The summed E-state index contributed by atoms with van der Waals surface area (Å²) in [6.45, 7) is 8.05. The Bertz CT molecular complexity index is 2250. The van der Waals surface area contributed by atoms with Gasteiger partial charge in [0.05, 0.1) is 23.9 Å². The Morgan fingerprint density at radius 1 is 0.867 bits per heavy atom. The van der Waals surface area contributed by atoms with Crippen LogP contribution in [0, 0.1) is 5.92 Å². The zero-order chi connectivity index (χ0) is 40.8. The molecule has 4 unspecified atom stereocenters. The molecular formula is C48H54N6O6. The van der Waals surface area contributed by atoms with E-state index in [1.165, 1.54) is 22.3 Å². The number of carbonyl (C=O) groups excluding carboxylic acids is 3. The number of nitrogens with zero attached hydrogens (tertiary/aromatic N) is 4. The van der Waals surface area contributed by atoms with E-state index in [2.05, 4.69) is 86.1 Å². The smallest absolute Gasteiger partial charge is 0.252 e. The summed E-state index contributed by atoms with van der Waals surface area (Å²) in [5.74, 6) is 3.14. The molecule has 7 aliphatic rings. The van der Waals surface area contributed by atoms with Gasteiger partial charge in [-0.25, -0.2) is 4.98 Å². The Labute approximate surface area is 351 Å². The van der Waals surface area contributed by atoms with Crippen LogP contribution in [0.25, 0.3) is 0 Å². The van der Waals surface area contributed by atoms with E-state index in [0.29, 0.717) is 56.0 Å². The van der Waals surface area contributed by atoms with E-state index in [4.69, 9.17) is 14.5 Å². The zero-order valence-electron chi connectivity index (χ0n) is 34.1. The van der Waals surface area contributed by atoms with Crippen LogP contribution in [0.5, 0.6) is 11.5 Å². The number of piperazine rings is 1. The highest BCUT2D eigenvalue weighted by Gasteiger charge is 2.44. The Kier molecular flexibility index (Phi) is 10.4. The molecule has 3 N–H and O–H groups in total. The van der Waals surface area contributed by atoms with E-state index >= 15 is 0 Å². The second kappa shape index (κ2) is 16.2. The lowest BCUT2D eigenvalue weighted by atomic mass is 9.69. The third-order valence-corrected chi connectivity index (χ3v) is 14.0. The summed E-state index contributed by atoms with van der Waals surface area (Å²) >= 11 is 0.